The maximum Gasteiger partial charge on any atom is 0.358 e. The molecule has 1 aromatic heterocycles. The maximum atomic E-state index is 10.4. The third-order valence-corrected chi connectivity index (χ3v) is 1.04. The third-order valence-electron chi connectivity index (χ3n) is 1.04. The van der Waals surface area contributed by atoms with E-state index in [9.17, 15) is 9.59 Å². The first-order chi connectivity index (χ1) is 4.61. The van der Waals surface area contributed by atoms with Crippen molar-refractivity contribution in [2.45, 2.75) is 0 Å². The van der Waals surface area contributed by atoms with Gasteiger partial charge in [-0.2, -0.15) is 0 Å². The van der Waals surface area contributed by atoms with Gasteiger partial charge in [0.2, 0.25) is 0 Å². The van der Waals surface area contributed by atoms with E-state index in [0.717, 1.165) is 10.8 Å². The summed E-state index contributed by atoms with van der Waals surface area (Å²) in [7, 11) is 1.35. The lowest BCUT2D eigenvalue weighted by Crippen LogP contribution is -2.02. The molecule has 0 atom stereocenters. The van der Waals surface area contributed by atoms with Gasteiger partial charge in [-0.1, -0.05) is 0 Å². The van der Waals surface area contributed by atoms with Crippen molar-refractivity contribution >= 4 is 5.97 Å². The van der Waals surface area contributed by atoms with Crippen LogP contribution in [0.5, 0.6) is 0 Å². The predicted octanol–water partition coefficient (Wildman–Crippen LogP) is -0.323. The molecule has 0 aliphatic carbocycles. The zero-order valence-corrected chi connectivity index (χ0v) is 5.20. The number of aromatic carboxylic acids is 1. The number of carboxylic acids is 1. The summed E-state index contributed by atoms with van der Waals surface area (Å²) in [5.74, 6) is -1.17. The Balaban J connectivity index is 3.28. The lowest BCUT2D eigenvalue weighted by molar-refractivity contribution is 0.0673. The summed E-state index contributed by atoms with van der Waals surface area (Å²) in [6, 6.07) is 0.919. The van der Waals surface area contributed by atoms with E-state index >= 15 is 0 Å². The Morgan fingerprint density at radius 1 is 1.80 bits per heavy atom. The van der Waals surface area contributed by atoms with Gasteiger partial charge in [-0.15, -0.1) is 0 Å². The van der Waals surface area contributed by atoms with E-state index in [1.807, 2.05) is 0 Å². The molecule has 1 heterocycles. The number of carbonyl (C=O) groups is 1. The van der Waals surface area contributed by atoms with Gasteiger partial charge in [-0.25, -0.2) is 14.3 Å². The summed E-state index contributed by atoms with van der Waals surface area (Å²) < 4.78 is 5.26. The second kappa shape index (κ2) is 2.02. The van der Waals surface area contributed by atoms with Crippen LogP contribution in [0.25, 0.3) is 0 Å². The van der Waals surface area contributed by atoms with Crippen LogP contribution in [0.4, 0.5) is 0 Å². The van der Waals surface area contributed by atoms with Gasteiger partial charge in [-0.3, -0.25) is 0 Å². The van der Waals surface area contributed by atoms with Crippen molar-refractivity contribution in [3.63, 3.8) is 0 Å². The molecule has 0 aromatic carbocycles. The van der Waals surface area contributed by atoms with Gasteiger partial charge >= 0.3 is 11.6 Å². The summed E-state index contributed by atoms with van der Waals surface area (Å²) in [6.07, 6.45) is 0. The molecule has 10 heavy (non-hydrogen) atoms. The molecule has 0 unspecified atom stereocenters. The normalized spacial score (nSPS) is 9.70. The molecule has 0 aliphatic rings. The zero-order chi connectivity index (χ0) is 7.72. The van der Waals surface area contributed by atoms with Crippen LogP contribution in [0, 0.1) is 0 Å². The fourth-order valence-corrected chi connectivity index (χ4v) is 0.609. The SMILES string of the molecule is Cn1oc(=O)cc1C(=O)O. The monoisotopic (exact) mass is 143 g/mol. The van der Waals surface area contributed by atoms with Crippen molar-refractivity contribution in [1.82, 2.24) is 4.74 Å². The van der Waals surface area contributed by atoms with Crippen molar-refractivity contribution in [2.75, 3.05) is 0 Å². The molecule has 0 fully saturated rings. The lowest BCUT2D eigenvalue weighted by atomic mass is 10.4. The smallest absolute Gasteiger partial charge is 0.358 e. The number of rotatable bonds is 1. The number of aryl methyl sites for hydroxylation is 1. The van der Waals surface area contributed by atoms with Gasteiger partial charge < -0.3 is 9.63 Å². The van der Waals surface area contributed by atoms with E-state index in [-0.39, 0.29) is 5.69 Å². The summed E-state index contributed by atoms with van der Waals surface area (Å²) >= 11 is 0. The first-order valence-corrected chi connectivity index (χ1v) is 2.52. The number of hydrogen-bond acceptors (Lipinski definition) is 3. The molecule has 1 N–H and O–H groups in total. The molecule has 5 nitrogen and oxygen atoms in total. The molecular weight excluding hydrogens is 138 g/mol. The quantitative estimate of drug-likeness (QED) is 0.584. The summed E-state index contributed by atoms with van der Waals surface area (Å²) in [5, 5.41) is 8.36. The zero-order valence-electron chi connectivity index (χ0n) is 5.20. The van der Waals surface area contributed by atoms with Crippen LogP contribution in [0.1, 0.15) is 10.5 Å². The highest BCUT2D eigenvalue weighted by molar-refractivity contribution is 5.85. The van der Waals surface area contributed by atoms with Crippen LogP contribution in [0.2, 0.25) is 0 Å². The predicted molar refractivity (Wildman–Crippen MR) is 30.9 cm³/mol. The second-order valence-corrected chi connectivity index (χ2v) is 1.74. The van der Waals surface area contributed by atoms with Gasteiger partial charge in [0.15, 0.2) is 5.69 Å². The average molecular weight is 143 g/mol. The number of carboxylic acid groups (broad SMARTS) is 1. The Bertz CT molecular complexity index is 308. The standard InChI is InChI=1S/C5H5NO4/c1-6-3(5(8)9)2-4(7)10-6/h2H,1H3,(H,8,9). The topological polar surface area (TPSA) is 72.4 Å². The van der Waals surface area contributed by atoms with Crippen LogP contribution in [0.3, 0.4) is 0 Å². The van der Waals surface area contributed by atoms with Gasteiger partial charge in [0.1, 0.15) is 0 Å². The molecular formula is C5H5NO4. The number of nitrogens with zero attached hydrogens (tertiary/aromatic N) is 1. The third kappa shape index (κ3) is 0.928. The van der Waals surface area contributed by atoms with Crippen LogP contribution < -0.4 is 5.63 Å². The van der Waals surface area contributed by atoms with E-state index < -0.39 is 11.6 Å². The Kier molecular flexibility index (Phi) is 1.33. The molecule has 0 spiro atoms. The van der Waals surface area contributed by atoms with Gasteiger partial charge in [-0.05, 0) is 0 Å². The Hall–Kier alpha value is -1.52. The van der Waals surface area contributed by atoms with Gasteiger partial charge in [0.05, 0.1) is 6.07 Å². The van der Waals surface area contributed by atoms with E-state index in [1.165, 1.54) is 7.05 Å². The fraction of sp³-hybridized carbons (Fsp3) is 0.200. The summed E-state index contributed by atoms with van der Waals surface area (Å²) in [5.41, 5.74) is -0.801. The maximum absolute atomic E-state index is 10.4. The van der Waals surface area contributed by atoms with E-state index in [1.54, 1.807) is 0 Å². The first kappa shape index (κ1) is 6.60. The second-order valence-electron chi connectivity index (χ2n) is 1.74. The highest BCUT2D eigenvalue weighted by Gasteiger charge is 2.09. The molecule has 0 aliphatic heterocycles. The van der Waals surface area contributed by atoms with Crippen molar-refractivity contribution in [3.8, 4) is 0 Å². The molecule has 1 aromatic rings. The van der Waals surface area contributed by atoms with Crippen LogP contribution in [0.15, 0.2) is 15.4 Å². The average Bonchev–Trinajstić information content (AvgIpc) is 2.10. The minimum Gasteiger partial charge on any atom is -0.476 e. The van der Waals surface area contributed by atoms with Gasteiger partial charge in [0.25, 0.3) is 0 Å². The first-order valence-electron chi connectivity index (χ1n) is 2.52. The van der Waals surface area contributed by atoms with Crippen LogP contribution >= 0.6 is 0 Å². The van der Waals surface area contributed by atoms with E-state index in [4.69, 9.17) is 5.11 Å². The van der Waals surface area contributed by atoms with Crippen molar-refractivity contribution in [3.05, 3.63) is 22.2 Å². The highest BCUT2D eigenvalue weighted by Crippen LogP contribution is 1.92. The Morgan fingerprint density at radius 2 is 2.40 bits per heavy atom. The lowest BCUT2D eigenvalue weighted by Gasteiger charge is -1.89. The molecule has 5 heteroatoms. The molecule has 0 amide bonds. The molecule has 54 valence electrons. The Labute approximate surface area is 55.5 Å². The largest absolute Gasteiger partial charge is 0.476 e. The molecule has 0 saturated carbocycles. The minimum absolute atomic E-state index is 0.148. The van der Waals surface area contributed by atoms with Crippen LogP contribution in [-0.4, -0.2) is 15.8 Å². The molecule has 0 bridgehead atoms. The number of aromatic nitrogens is 1. The highest BCUT2D eigenvalue weighted by atomic mass is 16.5. The van der Waals surface area contributed by atoms with E-state index in [2.05, 4.69) is 4.52 Å². The Morgan fingerprint density at radius 3 is 2.60 bits per heavy atom. The number of hydrogen-bond donors (Lipinski definition) is 1. The fourth-order valence-electron chi connectivity index (χ4n) is 0.609. The summed E-state index contributed by atoms with van der Waals surface area (Å²) in [6.45, 7) is 0. The van der Waals surface area contributed by atoms with Crippen LogP contribution in [-0.2, 0) is 7.05 Å². The minimum atomic E-state index is -1.17. The van der Waals surface area contributed by atoms with Crippen molar-refractivity contribution in [2.24, 2.45) is 7.05 Å². The van der Waals surface area contributed by atoms with E-state index in [0.29, 0.717) is 0 Å². The van der Waals surface area contributed by atoms with Gasteiger partial charge in [0, 0.05) is 7.05 Å². The molecule has 0 radical (unpaired) electrons. The van der Waals surface area contributed by atoms with Crippen molar-refractivity contribution < 1.29 is 14.4 Å². The van der Waals surface area contributed by atoms with Crippen molar-refractivity contribution in [1.29, 1.82) is 0 Å². The molecule has 0 saturated heterocycles. The molecule has 1 rings (SSSR count). The summed E-state index contributed by atoms with van der Waals surface area (Å²) in [4.78, 5) is 20.6.